The van der Waals surface area contributed by atoms with Gasteiger partial charge in [-0.2, -0.15) is 0 Å². The Hall–Kier alpha value is -1.06. The number of rotatable bonds is 6. The second-order valence-corrected chi connectivity index (χ2v) is 9.17. The molecule has 0 bridgehead atoms. The number of hydrogen-bond acceptors (Lipinski definition) is 4. The third-order valence-corrected chi connectivity index (χ3v) is 6.60. The first-order valence-electron chi connectivity index (χ1n) is 11.8. The summed E-state index contributed by atoms with van der Waals surface area (Å²) in [5.74, 6) is 2.47. The van der Waals surface area contributed by atoms with Crippen LogP contribution in [0.3, 0.4) is 0 Å². The maximum Gasteiger partial charge on any atom is 0.191 e. The number of morpholine rings is 1. The van der Waals surface area contributed by atoms with Gasteiger partial charge in [0.2, 0.25) is 0 Å². The highest BCUT2D eigenvalue weighted by atomic mass is 127. The molecule has 2 atom stereocenters. The number of para-hydroxylation sites is 1. The van der Waals surface area contributed by atoms with E-state index in [-0.39, 0.29) is 35.6 Å². The number of nitrogens with one attached hydrogen (secondary N) is 2. The van der Waals surface area contributed by atoms with Crippen molar-refractivity contribution in [3.05, 3.63) is 29.8 Å². The normalized spacial score (nSPS) is 24.1. The highest BCUT2D eigenvalue weighted by Gasteiger charge is 2.43. The van der Waals surface area contributed by atoms with Gasteiger partial charge in [-0.05, 0) is 44.6 Å². The fraction of sp³-hybridized carbons (Fsp3) is 0.708. The van der Waals surface area contributed by atoms with Gasteiger partial charge in [0.15, 0.2) is 5.96 Å². The van der Waals surface area contributed by atoms with Gasteiger partial charge in [0.25, 0.3) is 0 Å². The smallest absolute Gasteiger partial charge is 0.191 e. The molecule has 0 amide bonds. The maximum absolute atomic E-state index is 6.52. The zero-order valence-corrected chi connectivity index (χ0v) is 21.4. The quantitative estimate of drug-likeness (QED) is 0.324. The fourth-order valence-electron chi connectivity index (χ4n) is 5.09. The molecule has 1 saturated carbocycles. The lowest BCUT2D eigenvalue weighted by molar-refractivity contribution is 0.0323. The van der Waals surface area contributed by atoms with Gasteiger partial charge in [0, 0.05) is 44.7 Å². The standard InChI is InChI=1S/C24H38N4O2.HI/c1-3-25-23(26-17-19(2)18-28-12-14-29-15-13-28)27-21-16-24(10-6-7-11-24)30-22-9-5-4-8-20(21)22;/h4-5,8-9,19,21H,3,6-7,10-18H2,1-2H3,(H2,25,26,27);1H. The van der Waals surface area contributed by atoms with Gasteiger partial charge < -0.3 is 20.1 Å². The van der Waals surface area contributed by atoms with Crippen molar-refractivity contribution in [2.24, 2.45) is 10.9 Å². The van der Waals surface area contributed by atoms with E-state index >= 15 is 0 Å². The first-order valence-corrected chi connectivity index (χ1v) is 11.8. The molecule has 0 radical (unpaired) electrons. The fourth-order valence-corrected chi connectivity index (χ4v) is 5.09. The molecule has 2 N–H and O–H groups in total. The second kappa shape index (κ2) is 11.7. The van der Waals surface area contributed by atoms with Crippen molar-refractivity contribution in [1.29, 1.82) is 0 Å². The Bertz CT molecular complexity index is 717. The lowest BCUT2D eigenvalue weighted by Gasteiger charge is -2.40. The molecule has 1 aromatic carbocycles. The highest BCUT2D eigenvalue weighted by molar-refractivity contribution is 14.0. The summed E-state index contributed by atoms with van der Waals surface area (Å²) in [6.45, 7) is 11.0. The van der Waals surface area contributed by atoms with Crippen molar-refractivity contribution in [2.45, 2.75) is 57.6 Å². The monoisotopic (exact) mass is 542 g/mol. The molecule has 2 heterocycles. The Labute approximate surface area is 204 Å². The van der Waals surface area contributed by atoms with E-state index in [9.17, 15) is 0 Å². The van der Waals surface area contributed by atoms with E-state index in [0.29, 0.717) is 5.92 Å². The van der Waals surface area contributed by atoms with E-state index in [4.69, 9.17) is 14.5 Å². The average Bonchev–Trinajstić information content (AvgIpc) is 3.20. The maximum atomic E-state index is 6.52. The van der Waals surface area contributed by atoms with Crippen molar-refractivity contribution in [1.82, 2.24) is 15.5 Å². The summed E-state index contributed by atoms with van der Waals surface area (Å²) in [7, 11) is 0. The third kappa shape index (κ3) is 6.48. The first kappa shape index (κ1) is 24.6. The summed E-state index contributed by atoms with van der Waals surface area (Å²) in [4.78, 5) is 7.45. The molecule has 31 heavy (non-hydrogen) atoms. The average molecular weight is 543 g/mol. The van der Waals surface area contributed by atoms with E-state index in [2.05, 4.69) is 53.6 Å². The van der Waals surface area contributed by atoms with Gasteiger partial charge in [0.05, 0.1) is 19.3 Å². The van der Waals surface area contributed by atoms with E-state index in [0.717, 1.165) is 76.9 Å². The Morgan fingerprint density at radius 3 is 2.71 bits per heavy atom. The molecule has 2 fully saturated rings. The summed E-state index contributed by atoms with van der Waals surface area (Å²) in [5, 5.41) is 7.21. The number of ether oxygens (including phenoxy) is 2. The number of benzene rings is 1. The predicted octanol–water partition coefficient (Wildman–Crippen LogP) is 3.96. The van der Waals surface area contributed by atoms with Crippen molar-refractivity contribution >= 4 is 29.9 Å². The minimum absolute atomic E-state index is 0. The molecular weight excluding hydrogens is 503 g/mol. The van der Waals surface area contributed by atoms with Crippen LogP contribution in [0.15, 0.2) is 29.3 Å². The van der Waals surface area contributed by atoms with E-state index in [1.165, 1.54) is 18.4 Å². The number of fused-ring (bicyclic) bond motifs is 1. The predicted molar refractivity (Wildman–Crippen MR) is 137 cm³/mol. The van der Waals surface area contributed by atoms with Crippen LogP contribution in [-0.2, 0) is 4.74 Å². The third-order valence-electron chi connectivity index (χ3n) is 6.60. The molecule has 2 unspecified atom stereocenters. The second-order valence-electron chi connectivity index (χ2n) is 9.17. The zero-order chi connectivity index (χ0) is 20.8. The van der Waals surface area contributed by atoms with Crippen molar-refractivity contribution < 1.29 is 9.47 Å². The van der Waals surface area contributed by atoms with E-state index in [1.807, 2.05) is 0 Å². The summed E-state index contributed by atoms with van der Waals surface area (Å²) in [6.07, 6.45) is 5.86. The van der Waals surface area contributed by atoms with Crippen LogP contribution in [0, 0.1) is 5.92 Å². The number of hydrogen-bond donors (Lipinski definition) is 2. The minimum Gasteiger partial charge on any atom is -0.487 e. The molecule has 3 aliphatic rings. The van der Waals surface area contributed by atoms with Gasteiger partial charge in [-0.25, -0.2) is 0 Å². The Kier molecular flexibility index (Phi) is 9.28. The Balaban J connectivity index is 0.00000272. The van der Waals surface area contributed by atoms with Crippen LogP contribution in [0.2, 0.25) is 0 Å². The van der Waals surface area contributed by atoms with Crippen LogP contribution in [0.5, 0.6) is 5.75 Å². The van der Waals surface area contributed by atoms with Crippen LogP contribution in [0.1, 0.15) is 57.6 Å². The van der Waals surface area contributed by atoms with E-state index in [1.54, 1.807) is 0 Å². The van der Waals surface area contributed by atoms with Gasteiger partial charge in [-0.15, -0.1) is 24.0 Å². The largest absolute Gasteiger partial charge is 0.487 e. The molecule has 7 heteroatoms. The molecule has 1 aromatic rings. The van der Waals surface area contributed by atoms with Crippen molar-refractivity contribution in [2.75, 3.05) is 45.9 Å². The Morgan fingerprint density at radius 1 is 1.23 bits per heavy atom. The summed E-state index contributed by atoms with van der Waals surface area (Å²) in [6, 6.07) is 8.74. The van der Waals surface area contributed by atoms with Crippen LogP contribution < -0.4 is 15.4 Å². The Morgan fingerprint density at radius 2 is 1.97 bits per heavy atom. The van der Waals surface area contributed by atoms with Gasteiger partial charge in [0.1, 0.15) is 11.4 Å². The van der Waals surface area contributed by atoms with Crippen LogP contribution in [0.4, 0.5) is 0 Å². The molecule has 1 saturated heterocycles. The molecule has 1 spiro atoms. The van der Waals surface area contributed by atoms with Gasteiger partial charge >= 0.3 is 0 Å². The first-order chi connectivity index (χ1) is 14.7. The number of nitrogens with zero attached hydrogens (tertiary/aromatic N) is 2. The lowest BCUT2D eigenvalue weighted by atomic mass is 9.86. The molecule has 0 aromatic heterocycles. The molecule has 4 rings (SSSR count). The van der Waals surface area contributed by atoms with Gasteiger partial charge in [-0.1, -0.05) is 25.1 Å². The molecule has 174 valence electrons. The number of halogens is 1. The topological polar surface area (TPSA) is 58.1 Å². The van der Waals surface area contributed by atoms with Gasteiger partial charge in [-0.3, -0.25) is 9.89 Å². The zero-order valence-electron chi connectivity index (χ0n) is 19.1. The number of aliphatic imine (C=N–C) groups is 1. The van der Waals surface area contributed by atoms with Crippen LogP contribution in [-0.4, -0.2) is 62.4 Å². The number of guanidine groups is 1. The molecule has 1 aliphatic carbocycles. The SMILES string of the molecule is CCNC(=NCC(C)CN1CCOCC1)NC1CC2(CCCC2)Oc2ccccc21.I. The van der Waals surface area contributed by atoms with Crippen LogP contribution in [0.25, 0.3) is 0 Å². The minimum atomic E-state index is -0.00697. The van der Waals surface area contributed by atoms with E-state index < -0.39 is 0 Å². The summed E-state index contributed by atoms with van der Waals surface area (Å²) in [5.41, 5.74) is 1.24. The molecule has 2 aliphatic heterocycles. The highest BCUT2D eigenvalue weighted by Crippen LogP contribution is 2.46. The summed E-state index contributed by atoms with van der Waals surface area (Å²) >= 11 is 0. The van der Waals surface area contributed by atoms with Crippen molar-refractivity contribution in [3.63, 3.8) is 0 Å². The van der Waals surface area contributed by atoms with Crippen LogP contribution >= 0.6 is 24.0 Å². The summed E-state index contributed by atoms with van der Waals surface area (Å²) < 4.78 is 12.0. The molecule has 6 nitrogen and oxygen atoms in total. The molecular formula is C24H39IN4O2. The van der Waals surface area contributed by atoms with Crippen molar-refractivity contribution in [3.8, 4) is 5.75 Å². The lowest BCUT2D eigenvalue weighted by Crippen LogP contribution is -2.47.